The largest absolute Gasteiger partial charge is 0.484 e. The third-order valence-electron chi connectivity index (χ3n) is 3.77. The van der Waals surface area contributed by atoms with E-state index in [1.54, 1.807) is 11.3 Å². The Kier molecular flexibility index (Phi) is 5.11. The van der Waals surface area contributed by atoms with Crippen LogP contribution in [-0.4, -0.2) is 17.5 Å². The topological polar surface area (TPSA) is 51.2 Å². The minimum absolute atomic E-state index is 0.000796. The van der Waals surface area contributed by atoms with Crippen LogP contribution in [0.2, 0.25) is 0 Å². The van der Waals surface area contributed by atoms with Crippen LogP contribution < -0.4 is 10.1 Å². The van der Waals surface area contributed by atoms with Crippen LogP contribution in [-0.2, 0) is 4.79 Å². The van der Waals surface area contributed by atoms with Crippen molar-refractivity contribution in [1.82, 2.24) is 10.3 Å². The fourth-order valence-corrected chi connectivity index (χ4v) is 3.44. The van der Waals surface area contributed by atoms with Gasteiger partial charge in [0.15, 0.2) is 6.61 Å². The van der Waals surface area contributed by atoms with E-state index >= 15 is 0 Å². The molecule has 0 fully saturated rings. The zero-order valence-electron chi connectivity index (χ0n) is 13.8. The Bertz CT molecular complexity index is 844. The number of hydrogen-bond acceptors (Lipinski definition) is 4. The number of carbonyl (C=O) groups is 1. The van der Waals surface area contributed by atoms with Gasteiger partial charge in [0, 0.05) is 11.1 Å². The van der Waals surface area contributed by atoms with Gasteiger partial charge in [-0.25, -0.2) is 4.98 Å². The van der Waals surface area contributed by atoms with Crippen LogP contribution in [0.4, 0.5) is 0 Å². The van der Waals surface area contributed by atoms with Crippen LogP contribution in [0, 0.1) is 6.92 Å². The molecular formula is C19H20N2O2S. The second kappa shape index (κ2) is 7.45. The van der Waals surface area contributed by atoms with Crippen molar-refractivity contribution in [3.8, 4) is 5.75 Å². The van der Waals surface area contributed by atoms with E-state index in [-0.39, 0.29) is 18.6 Å². The van der Waals surface area contributed by atoms with Crippen molar-refractivity contribution in [3.05, 3.63) is 58.5 Å². The molecule has 0 bridgehead atoms. The van der Waals surface area contributed by atoms with Crippen molar-refractivity contribution in [2.45, 2.75) is 26.3 Å². The highest BCUT2D eigenvalue weighted by atomic mass is 32.1. The van der Waals surface area contributed by atoms with Gasteiger partial charge in [0.1, 0.15) is 10.8 Å². The smallest absolute Gasteiger partial charge is 0.258 e. The highest BCUT2D eigenvalue weighted by molar-refractivity contribution is 7.09. The summed E-state index contributed by atoms with van der Waals surface area (Å²) in [5.74, 6) is 0.560. The summed E-state index contributed by atoms with van der Waals surface area (Å²) >= 11 is 1.57. The lowest BCUT2D eigenvalue weighted by molar-refractivity contribution is -0.123. The molecule has 124 valence electrons. The van der Waals surface area contributed by atoms with Gasteiger partial charge in [-0.1, -0.05) is 37.3 Å². The molecule has 3 aromatic rings. The maximum Gasteiger partial charge on any atom is 0.258 e. The first kappa shape index (κ1) is 16.5. The fourth-order valence-electron chi connectivity index (χ4n) is 2.51. The van der Waals surface area contributed by atoms with E-state index in [0.29, 0.717) is 5.75 Å². The lowest BCUT2D eigenvalue weighted by Gasteiger charge is -2.15. The fraction of sp³-hybridized carbons (Fsp3) is 0.263. The Balaban J connectivity index is 1.59. The number of aromatic nitrogens is 1. The standard InChI is InChI=1S/C19H20N2O2S/c1-3-17(19-20-13(2)12-24-19)21-18(22)11-23-16-9-8-14-6-4-5-7-15(14)10-16/h4-10,12,17H,3,11H2,1-2H3,(H,21,22). The molecule has 0 aliphatic rings. The molecule has 0 saturated heterocycles. The van der Waals surface area contributed by atoms with E-state index in [1.165, 1.54) is 0 Å². The van der Waals surface area contributed by atoms with Crippen molar-refractivity contribution < 1.29 is 9.53 Å². The SMILES string of the molecule is CCC(NC(=O)COc1ccc2ccccc2c1)c1nc(C)cs1. The van der Waals surface area contributed by atoms with E-state index in [0.717, 1.165) is 27.9 Å². The van der Waals surface area contributed by atoms with Crippen LogP contribution in [0.25, 0.3) is 10.8 Å². The average molecular weight is 340 g/mol. The van der Waals surface area contributed by atoms with E-state index < -0.39 is 0 Å². The molecular weight excluding hydrogens is 320 g/mol. The summed E-state index contributed by atoms with van der Waals surface area (Å²) < 4.78 is 5.63. The zero-order chi connectivity index (χ0) is 16.9. The average Bonchev–Trinajstić information content (AvgIpc) is 3.04. The van der Waals surface area contributed by atoms with Crippen LogP contribution in [0.15, 0.2) is 47.8 Å². The van der Waals surface area contributed by atoms with Gasteiger partial charge in [0.2, 0.25) is 0 Å². The van der Waals surface area contributed by atoms with Gasteiger partial charge >= 0.3 is 0 Å². The number of ether oxygens (including phenoxy) is 1. The van der Waals surface area contributed by atoms with Gasteiger partial charge in [-0.3, -0.25) is 4.79 Å². The van der Waals surface area contributed by atoms with Gasteiger partial charge in [0.05, 0.1) is 6.04 Å². The predicted octanol–water partition coefficient (Wildman–Crippen LogP) is 4.25. The summed E-state index contributed by atoms with van der Waals surface area (Å²) in [6.07, 6.45) is 0.800. The summed E-state index contributed by atoms with van der Waals surface area (Å²) in [5, 5.41) is 8.17. The van der Waals surface area contributed by atoms with E-state index in [9.17, 15) is 4.79 Å². The van der Waals surface area contributed by atoms with Gasteiger partial charge in [-0.2, -0.15) is 0 Å². The summed E-state index contributed by atoms with van der Waals surface area (Å²) in [6.45, 7) is 3.99. The number of amides is 1. The maximum absolute atomic E-state index is 12.2. The molecule has 0 spiro atoms. The molecule has 5 heteroatoms. The number of nitrogens with zero attached hydrogens (tertiary/aromatic N) is 1. The first-order chi connectivity index (χ1) is 11.7. The van der Waals surface area contributed by atoms with Crippen molar-refractivity contribution in [1.29, 1.82) is 0 Å². The molecule has 0 aliphatic carbocycles. The maximum atomic E-state index is 12.2. The summed E-state index contributed by atoms with van der Waals surface area (Å²) in [5.41, 5.74) is 0.982. The van der Waals surface area contributed by atoms with Gasteiger partial charge < -0.3 is 10.1 Å². The van der Waals surface area contributed by atoms with Crippen LogP contribution in [0.5, 0.6) is 5.75 Å². The number of hydrogen-bond donors (Lipinski definition) is 1. The molecule has 1 N–H and O–H groups in total. The van der Waals surface area contributed by atoms with Crippen LogP contribution in [0.1, 0.15) is 30.1 Å². The van der Waals surface area contributed by atoms with Crippen molar-refractivity contribution >= 4 is 28.0 Å². The zero-order valence-corrected chi connectivity index (χ0v) is 14.6. The minimum Gasteiger partial charge on any atom is -0.484 e. The van der Waals surface area contributed by atoms with Gasteiger partial charge in [-0.05, 0) is 36.2 Å². The molecule has 2 aromatic carbocycles. The molecule has 24 heavy (non-hydrogen) atoms. The molecule has 0 aliphatic heterocycles. The highest BCUT2D eigenvalue weighted by Gasteiger charge is 2.16. The van der Waals surface area contributed by atoms with Crippen LogP contribution >= 0.6 is 11.3 Å². The molecule has 1 unspecified atom stereocenters. The van der Waals surface area contributed by atoms with Crippen molar-refractivity contribution in [3.63, 3.8) is 0 Å². The molecule has 4 nitrogen and oxygen atoms in total. The van der Waals surface area contributed by atoms with E-state index in [1.807, 2.05) is 61.7 Å². The number of benzene rings is 2. The summed E-state index contributed by atoms with van der Waals surface area (Å²) in [7, 11) is 0. The summed E-state index contributed by atoms with van der Waals surface area (Å²) in [4.78, 5) is 16.6. The Labute approximate surface area is 145 Å². The number of carbonyl (C=O) groups excluding carboxylic acids is 1. The predicted molar refractivity (Wildman–Crippen MR) is 97.5 cm³/mol. The first-order valence-corrected chi connectivity index (χ1v) is 8.86. The van der Waals surface area contributed by atoms with Crippen molar-refractivity contribution in [2.24, 2.45) is 0 Å². The van der Waals surface area contributed by atoms with E-state index in [2.05, 4.69) is 10.3 Å². The summed E-state index contributed by atoms with van der Waals surface area (Å²) in [6, 6.07) is 13.8. The van der Waals surface area contributed by atoms with E-state index in [4.69, 9.17) is 4.74 Å². The van der Waals surface area contributed by atoms with Gasteiger partial charge in [0.25, 0.3) is 5.91 Å². The number of aryl methyl sites for hydroxylation is 1. The number of fused-ring (bicyclic) bond motifs is 1. The number of nitrogens with one attached hydrogen (secondary N) is 1. The monoisotopic (exact) mass is 340 g/mol. The second-order valence-corrected chi connectivity index (χ2v) is 6.54. The molecule has 0 radical (unpaired) electrons. The Hall–Kier alpha value is -2.40. The molecule has 1 amide bonds. The Morgan fingerprint density at radius 2 is 2.04 bits per heavy atom. The Morgan fingerprint density at radius 1 is 1.25 bits per heavy atom. The lowest BCUT2D eigenvalue weighted by atomic mass is 10.1. The lowest BCUT2D eigenvalue weighted by Crippen LogP contribution is -2.32. The third kappa shape index (κ3) is 3.92. The van der Waals surface area contributed by atoms with Gasteiger partial charge in [-0.15, -0.1) is 11.3 Å². The Morgan fingerprint density at radius 3 is 2.75 bits per heavy atom. The molecule has 0 saturated carbocycles. The molecule has 1 heterocycles. The molecule has 1 atom stereocenters. The molecule has 3 rings (SSSR count). The molecule has 1 aromatic heterocycles. The quantitative estimate of drug-likeness (QED) is 0.730. The van der Waals surface area contributed by atoms with Crippen LogP contribution in [0.3, 0.4) is 0 Å². The van der Waals surface area contributed by atoms with Crippen molar-refractivity contribution in [2.75, 3.05) is 6.61 Å². The first-order valence-electron chi connectivity index (χ1n) is 7.98. The highest BCUT2D eigenvalue weighted by Crippen LogP contribution is 2.22. The normalized spacial score (nSPS) is 12.1. The number of rotatable bonds is 6. The minimum atomic E-state index is -0.136. The third-order valence-corrected chi connectivity index (χ3v) is 4.85. The number of thiazole rings is 1. The second-order valence-electron chi connectivity index (χ2n) is 5.65.